The number of rotatable bonds is 4. The third kappa shape index (κ3) is 2.37. The lowest BCUT2D eigenvalue weighted by Crippen LogP contribution is -2.23. The maximum absolute atomic E-state index is 11.1. The second-order valence-corrected chi connectivity index (χ2v) is 5.16. The second-order valence-electron chi connectivity index (χ2n) is 3.82. The van der Waals surface area contributed by atoms with Crippen LogP contribution in [-0.4, -0.2) is 23.3 Å². The molecule has 94 valence electrons. The first kappa shape index (κ1) is 13.0. The Labute approximate surface area is 114 Å². The molecule has 1 unspecified atom stereocenters. The number of hydrogen-bond donors (Lipinski definition) is 0. The van der Waals surface area contributed by atoms with E-state index in [1.165, 1.54) is 11.2 Å². The van der Waals surface area contributed by atoms with Gasteiger partial charge in [-0.1, -0.05) is 17.7 Å². The van der Waals surface area contributed by atoms with Crippen LogP contribution in [0.5, 0.6) is 0 Å². The van der Waals surface area contributed by atoms with Crippen LogP contribution >= 0.6 is 22.9 Å². The Hall–Kier alpha value is -1.46. The van der Waals surface area contributed by atoms with Crippen molar-refractivity contribution in [2.24, 2.45) is 0 Å². The predicted molar refractivity (Wildman–Crippen MR) is 73.6 cm³/mol. The zero-order valence-electron chi connectivity index (χ0n) is 10.0. The number of aldehydes is 1. The van der Waals surface area contributed by atoms with Crippen molar-refractivity contribution in [2.45, 2.75) is 13.0 Å². The standard InChI is InChI=1S/C12H12ClN3OS/c1-8(10-4-3-5-18-10)16(2)12-9(6-17)11(13)14-7-15-12/h3-8H,1-2H3. The van der Waals surface area contributed by atoms with E-state index in [2.05, 4.69) is 23.0 Å². The fraction of sp³-hybridized carbons (Fsp3) is 0.250. The van der Waals surface area contributed by atoms with Gasteiger partial charge in [-0.15, -0.1) is 11.3 Å². The van der Waals surface area contributed by atoms with Crippen molar-refractivity contribution in [3.63, 3.8) is 0 Å². The number of aromatic nitrogens is 2. The summed E-state index contributed by atoms with van der Waals surface area (Å²) in [5.41, 5.74) is 0.324. The molecule has 0 radical (unpaired) electrons. The Bertz CT molecular complexity index is 544. The molecule has 0 aliphatic carbocycles. The van der Waals surface area contributed by atoms with E-state index in [1.807, 2.05) is 23.4 Å². The molecule has 6 heteroatoms. The van der Waals surface area contributed by atoms with Crippen LogP contribution in [0, 0.1) is 0 Å². The van der Waals surface area contributed by atoms with E-state index in [4.69, 9.17) is 11.6 Å². The normalized spacial score (nSPS) is 12.2. The summed E-state index contributed by atoms with van der Waals surface area (Å²) >= 11 is 7.56. The molecule has 4 nitrogen and oxygen atoms in total. The minimum absolute atomic E-state index is 0.120. The Kier molecular flexibility index (Phi) is 3.93. The highest BCUT2D eigenvalue weighted by Crippen LogP contribution is 2.29. The van der Waals surface area contributed by atoms with Crippen LogP contribution < -0.4 is 4.90 Å². The molecule has 2 rings (SSSR count). The molecule has 2 heterocycles. The fourth-order valence-corrected chi connectivity index (χ4v) is 2.65. The molecule has 0 fully saturated rings. The first-order valence-corrected chi connectivity index (χ1v) is 6.62. The lowest BCUT2D eigenvalue weighted by molar-refractivity contribution is 0.112. The van der Waals surface area contributed by atoms with Crippen LogP contribution in [0.1, 0.15) is 28.2 Å². The SMILES string of the molecule is CC(c1cccs1)N(C)c1ncnc(Cl)c1C=O. The number of hydrogen-bond acceptors (Lipinski definition) is 5. The van der Waals surface area contributed by atoms with Gasteiger partial charge in [0.2, 0.25) is 0 Å². The molecule has 2 aromatic rings. The number of carbonyl (C=O) groups excluding carboxylic acids is 1. The van der Waals surface area contributed by atoms with Crippen molar-refractivity contribution in [1.29, 1.82) is 0 Å². The maximum atomic E-state index is 11.1. The van der Waals surface area contributed by atoms with Crippen LogP contribution in [0.2, 0.25) is 5.15 Å². The summed E-state index contributed by atoms with van der Waals surface area (Å²) in [7, 11) is 1.88. The van der Waals surface area contributed by atoms with Crippen LogP contribution in [0.4, 0.5) is 5.82 Å². The third-order valence-electron chi connectivity index (χ3n) is 2.80. The quantitative estimate of drug-likeness (QED) is 0.638. The summed E-state index contributed by atoms with van der Waals surface area (Å²) < 4.78 is 0. The van der Waals surface area contributed by atoms with E-state index in [-0.39, 0.29) is 11.2 Å². The number of thiophene rings is 1. The first-order valence-electron chi connectivity index (χ1n) is 5.37. The average molecular weight is 282 g/mol. The monoisotopic (exact) mass is 281 g/mol. The first-order chi connectivity index (χ1) is 8.65. The Balaban J connectivity index is 2.37. The van der Waals surface area contributed by atoms with E-state index >= 15 is 0 Å². The lowest BCUT2D eigenvalue weighted by atomic mass is 10.2. The Morgan fingerprint density at radius 3 is 2.89 bits per heavy atom. The van der Waals surface area contributed by atoms with Crippen LogP contribution in [-0.2, 0) is 0 Å². The largest absolute Gasteiger partial charge is 0.351 e. The van der Waals surface area contributed by atoms with Gasteiger partial charge in [-0.05, 0) is 18.4 Å². The molecule has 0 aliphatic rings. The molecule has 2 aromatic heterocycles. The highest BCUT2D eigenvalue weighted by atomic mass is 35.5. The van der Waals surface area contributed by atoms with Crippen LogP contribution in [0.15, 0.2) is 23.8 Å². The minimum atomic E-state index is 0.120. The molecule has 1 atom stereocenters. The average Bonchev–Trinajstić information content (AvgIpc) is 2.90. The number of anilines is 1. The highest BCUT2D eigenvalue weighted by Gasteiger charge is 2.19. The van der Waals surface area contributed by atoms with Gasteiger partial charge in [-0.3, -0.25) is 4.79 Å². The molecule has 0 spiro atoms. The Morgan fingerprint density at radius 2 is 2.28 bits per heavy atom. The van der Waals surface area contributed by atoms with Crippen molar-refractivity contribution >= 4 is 35.0 Å². The van der Waals surface area contributed by atoms with Gasteiger partial charge >= 0.3 is 0 Å². The third-order valence-corrected chi connectivity index (χ3v) is 4.15. The van der Waals surface area contributed by atoms with Gasteiger partial charge in [-0.2, -0.15) is 0 Å². The highest BCUT2D eigenvalue weighted by molar-refractivity contribution is 7.10. The lowest BCUT2D eigenvalue weighted by Gasteiger charge is -2.26. The topological polar surface area (TPSA) is 46.1 Å². The van der Waals surface area contributed by atoms with Gasteiger partial charge in [-0.25, -0.2) is 9.97 Å². The molecule has 0 amide bonds. The molecule has 18 heavy (non-hydrogen) atoms. The van der Waals surface area contributed by atoms with Crippen molar-refractivity contribution in [3.05, 3.63) is 39.4 Å². The summed E-state index contributed by atoms with van der Waals surface area (Å²) in [6.45, 7) is 2.05. The van der Waals surface area contributed by atoms with Crippen LogP contribution in [0.25, 0.3) is 0 Å². The van der Waals surface area contributed by atoms with Gasteiger partial charge in [0.25, 0.3) is 0 Å². The van der Waals surface area contributed by atoms with E-state index < -0.39 is 0 Å². The van der Waals surface area contributed by atoms with E-state index in [9.17, 15) is 4.79 Å². The van der Waals surface area contributed by atoms with E-state index in [0.717, 1.165) is 0 Å². The van der Waals surface area contributed by atoms with Gasteiger partial charge < -0.3 is 4.90 Å². The van der Waals surface area contributed by atoms with Crippen molar-refractivity contribution in [3.8, 4) is 0 Å². The van der Waals surface area contributed by atoms with E-state index in [0.29, 0.717) is 17.7 Å². The molecule has 0 aromatic carbocycles. The molecule has 0 saturated carbocycles. The Morgan fingerprint density at radius 1 is 1.50 bits per heavy atom. The van der Waals surface area contributed by atoms with Crippen molar-refractivity contribution in [2.75, 3.05) is 11.9 Å². The molecular weight excluding hydrogens is 270 g/mol. The molecule has 0 saturated heterocycles. The van der Waals surface area contributed by atoms with Crippen LogP contribution in [0.3, 0.4) is 0 Å². The van der Waals surface area contributed by atoms with Gasteiger partial charge in [0.1, 0.15) is 17.3 Å². The smallest absolute Gasteiger partial charge is 0.156 e. The molecular formula is C12H12ClN3OS. The minimum Gasteiger partial charge on any atom is -0.351 e. The summed E-state index contributed by atoms with van der Waals surface area (Å²) in [5, 5.41) is 2.20. The zero-order valence-corrected chi connectivity index (χ0v) is 11.6. The summed E-state index contributed by atoms with van der Waals surface area (Å²) in [6, 6.07) is 4.17. The fourth-order valence-electron chi connectivity index (χ4n) is 1.65. The van der Waals surface area contributed by atoms with Crippen molar-refractivity contribution < 1.29 is 4.79 Å². The van der Waals surface area contributed by atoms with Crippen molar-refractivity contribution in [1.82, 2.24) is 9.97 Å². The maximum Gasteiger partial charge on any atom is 0.156 e. The van der Waals surface area contributed by atoms with Gasteiger partial charge in [0.15, 0.2) is 6.29 Å². The predicted octanol–water partition coefficient (Wildman–Crippen LogP) is 3.20. The van der Waals surface area contributed by atoms with Gasteiger partial charge in [0, 0.05) is 11.9 Å². The zero-order chi connectivity index (χ0) is 13.1. The summed E-state index contributed by atoms with van der Waals surface area (Å²) in [5.74, 6) is 0.547. The number of carbonyl (C=O) groups is 1. The number of nitrogens with zero attached hydrogens (tertiary/aromatic N) is 3. The summed E-state index contributed by atoms with van der Waals surface area (Å²) in [4.78, 5) is 22.2. The second kappa shape index (κ2) is 5.46. The molecule has 0 N–H and O–H groups in total. The van der Waals surface area contributed by atoms with Gasteiger partial charge in [0.05, 0.1) is 11.6 Å². The molecule has 0 aliphatic heterocycles. The van der Waals surface area contributed by atoms with E-state index in [1.54, 1.807) is 11.3 Å². The summed E-state index contributed by atoms with van der Waals surface area (Å²) in [6.07, 6.45) is 2.05. The molecule has 0 bridgehead atoms. The number of halogens is 1.